The maximum atomic E-state index is 12.2. The molecule has 0 bridgehead atoms. The molecule has 1 aliphatic rings. The van der Waals surface area contributed by atoms with Crippen LogP contribution in [-0.2, 0) is 9.59 Å². The van der Waals surface area contributed by atoms with Crippen molar-refractivity contribution in [3.05, 3.63) is 28.8 Å². The van der Waals surface area contributed by atoms with Gasteiger partial charge in [0, 0.05) is 6.04 Å². The summed E-state index contributed by atoms with van der Waals surface area (Å²) in [5.74, 6) is -0.756. The lowest BCUT2D eigenvalue weighted by atomic mass is 9.86. The Hall–Kier alpha value is -1.75. The van der Waals surface area contributed by atoms with Gasteiger partial charge in [-0.15, -0.1) is 0 Å². The molecule has 1 aromatic rings. The van der Waals surface area contributed by atoms with Crippen molar-refractivity contribution in [2.45, 2.75) is 51.7 Å². The van der Waals surface area contributed by atoms with Crippen LogP contribution in [0.4, 0.5) is 0 Å². The van der Waals surface area contributed by atoms with Crippen LogP contribution in [0.5, 0.6) is 5.75 Å². The summed E-state index contributed by atoms with van der Waals surface area (Å²) in [4.78, 5) is 23.2. The van der Waals surface area contributed by atoms with Crippen molar-refractivity contribution < 1.29 is 19.4 Å². The lowest BCUT2D eigenvalue weighted by molar-refractivity contribution is -0.142. The van der Waals surface area contributed by atoms with Crippen molar-refractivity contribution in [1.29, 1.82) is 0 Å². The lowest BCUT2D eigenvalue weighted by Gasteiger charge is -2.28. The predicted molar refractivity (Wildman–Crippen MR) is 87.8 cm³/mol. The molecule has 0 spiro atoms. The molecule has 1 amide bonds. The molecule has 1 fully saturated rings. The van der Waals surface area contributed by atoms with E-state index in [0.29, 0.717) is 36.5 Å². The number of amides is 1. The van der Waals surface area contributed by atoms with Gasteiger partial charge in [-0.2, -0.15) is 0 Å². The summed E-state index contributed by atoms with van der Waals surface area (Å²) in [6.45, 7) is 3.60. The number of carboxylic acids is 1. The quantitative estimate of drug-likeness (QED) is 0.864. The van der Waals surface area contributed by atoms with Crippen LogP contribution < -0.4 is 10.1 Å². The first-order valence-electron chi connectivity index (χ1n) is 7.83. The van der Waals surface area contributed by atoms with Crippen LogP contribution in [-0.4, -0.2) is 29.1 Å². The molecule has 1 saturated carbocycles. The Bertz CT molecular complexity index is 582. The van der Waals surface area contributed by atoms with E-state index in [1.54, 1.807) is 19.1 Å². The van der Waals surface area contributed by atoms with Crippen LogP contribution in [0.25, 0.3) is 0 Å². The molecule has 5 nitrogen and oxygen atoms in total. The predicted octanol–water partition coefficient (Wildman–Crippen LogP) is 3.18. The number of halogens is 1. The Morgan fingerprint density at radius 1 is 1.30 bits per heavy atom. The van der Waals surface area contributed by atoms with Crippen LogP contribution in [0.2, 0.25) is 5.02 Å². The number of carbonyl (C=O) groups is 2. The van der Waals surface area contributed by atoms with Gasteiger partial charge < -0.3 is 15.2 Å². The summed E-state index contributed by atoms with van der Waals surface area (Å²) in [7, 11) is 0. The highest BCUT2D eigenvalue weighted by molar-refractivity contribution is 6.32. The van der Waals surface area contributed by atoms with Gasteiger partial charge in [-0.3, -0.25) is 9.59 Å². The van der Waals surface area contributed by atoms with Crippen LogP contribution in [0.15, 0.2) is 18.2 Å². The number of rotatable bonds is 5. The van der Waals surface area contributed by atoms with Gasteiger partial charge in [-0.05, 0) is 57.2 Å². The molecule has 6 heteroatoms. The summed E-state index contributed by atoms with van der Waals surface area (Å²) in [5.41, 5.74) is 1.00. The topological polar surface area (TPSA) is 75.6 Å². The highest BCUT2D eigenvalue weighted by Crippen LogP contribution is 2.27. The Kier molecular flexibility index (Phi) is 5.88. The Morgan fingerprint density at radius 2 is 1.96 bits per heavy atom. The van der Waals surface area contributed by atoms with E-state index in [1.165, 1.54) is 0 Å². The zero-order valence-electron chi connectivity index (χ0n) is 13.3. The monoisotopic (exact) mass is 339 g/mol. The van der Waals surface area contributed by atoms with E-state index >= 15 is 0 Å². The highest BCUT2D eigenvalue weighted by Gasteiger charge is 2.28. The Labute approximate surface area is 141 Å². The Morgan fingerprint density at radius 3 is 2.57 bits per heavy atom. The van der Waals surface area contributed by atoms with Gasteiger partial charge in [0.25, 0.3) is 5.91 Å². The van der Waals surface area contributed by atoms with E-state index in [4.69, 9.17) is 21.4 Å². The first kappa shape index (κ1) is 17.6. The maximum absolute atomic E-state index is 12.2. The first-order chi connectivity index (χ1) is 10.9. The zero-order valence-corrected chi connectivity index (χ0v) is 14.1. The number of benzene rings is 1. The molecule has 0 aliphatic heterocycles. The number of aryl methyl sites for hydroxylation is 1. The molecule has 1 atom stereocenters. The minimum absolute atomic E-state index is 0.0112. The molecule has 23 heavy (non-hydrogen) atoms. The molecular weight excluding hydrogens is 318 g/mol. The van der Waals surface area contributed by atoms with Crippen molar-refractivity contribution in [2.24, 2.45) is 5.92 Å². The number of hydrogen-bond donors (Lipinski definition) is 2. The molecule has 0 radical (unpaired) electrons. The van der Waals surface area contributed by atoms with Crippen LogP contribution in [0.1, 0.15) is 38.2 Å². The molecule has 2 N–H and O–H groups in total. The fourth-order valence-electron chi connectivity index (χ4n) is 2.75. The number of hydrogen-bond acceptors (Lipinski definition) is 3. The smallest absolute Gasteiger partial charge is 0.306 e. The number of ether oxygens (including phenoxy) is 1. The molecule has 0 saturated heterocycles. The number of carboxylic acid groups (broad SMARTS) is 1. The van der Waals surface area contributed by atoms with Crippen LogP contribution >= 0.6 is 11.6 Å². The molecule has 1 aromatic carbocycles. The van der Waals surface area contributed by atoms with Gasteiger partial charge in [-0.1, -0.05) is 17.7 Å². The second kappa shape index (κ2) is 7.68. The largest absolute Gasteiger partial charge is 0.481 e. The summed E-state index contributed by atoms with van der Waals surface area (Å²) < 4.78 is 5.65. The van der Waals surface area contributed by atoms with Crippen molar-refractivity contribution in [1.82, 2.24) is 5.32 Å². The molecule has 0 aromatic heterocycles. The second-order valence-corrected chi connectivity index (χ2v) is 6.50. The molecule has 1 unspecified atom stereocenters. The van der Waals surface area contributed by atoms with E-state index in [9.17, 15) is 9.59 Å². The van der Waals surface area contributed by atoms with Crippen molar-refractivity contribution in [3.8, 4) is 5.75 Å². The molecule has 0 heterocycles. The number of nitrogens with one attached hydrogen (secondary N) is 1. The zero-order chi connectivity index (χ0) is 17.0. The normalized spacial score (nSPS) is 22.2. The minimum Gasteiger partial charge on any atom is -0.481 e. The fourth-order valence-corrected chi connectivity index (χ4v) is 2.91. The lowest BCUT2D eigenvalue weighted by Crippen LogP contribution is -2.44. The summed E-state index contributed by atoms with van der Waals surface area (Å²) in [6.07, 6.45) is 1.89. The molecular formula is C17H22ClNO4. The molecule has 126 valence electrons. The first-order valence-corrected chi connectivity index (χ1v) is 8.20. The van der Waals surface area contributed by atoms with E-state index in [1.807, 2.05) is 13.0 Å². The van der Waals surface area contributed by atoms with E-state index in [2.05, 4.69) is 5.32 Å². The summed E-state index contributed by atoms with van der Waals surface area (Å²) >= 11 is 6.07. The van der Waals surface area contributed by atoms with Gasteiger partial charge in [0.15, 0.2) is 6.10 Å². The van der Waals surface area contributed by atoms with Crippen molar-refractivity contribution in [2.75, 3.05) is 0 Å². The third-order valence-electron chi connectivity index (χ3n) is 4.18. The number of aliphatic carboxylic acids is 1. The fraction of sp³-hybridized carbons (Fsp3) is 0.529. The summed E-state index contributed by atoms with van der Waals surface area (Å²) in [6, 6.07) is 5.42. The average Bonchev–Trinajstić information content (AvgIpc) is 2.51. The third-order valence-corrected chi connectivity index (χ3v) is 4.49. The average molecular weight is 340 g/mol. The standard InChI is InChI=1S/C17H22ClNO4/c1-10-3-8-14(18)15(9-10)23-11(2)16(20)19-13-6-4-12(5-7-13)17(21)22/h3,8-9,11-13H,4-7H2,1-2H3,(H,19,20)(H,21,22). The Balaban J connectivity index is 1.86. The van der Waals surface area contributed by atoms with E-state index < -0.39 is 12.1 Å². The number of carbonyl (C=O) groups excluding carboxylic acids is 1. The van der Waals surface area contributed by atoms with Crippen LogP contribution in [0, 0.1) is 12.8 Å². The molecule has 1 aliphatic carbocycles. The van der Waals surface area contributed by atoms with Gasteiger partial charge >= 0.3 is 5.97 Å². The van der Waals surface area contributed by atoms with Crippen molar-refractivity contribution >= 4 is 23.5 Å². The molecule has 2 rings (SSSR count). The summed E-state index contributed by atoms with van der Waals surface area (Å²) in [5, 5.41) is 12.4. The van der Waals surface area contributed by atoms with Gasteiger partial charge in [0.2, 0.25) is 0 Å². The van der Waals surface area contributed by atoms with E-state index in [-0.39, 0.29) is 17.9 Å². The van der Waals surface area contributed by atoms with Crippen molar-refractivity contribution in [3.63, 3.8) is 0 Å². The van der Waals surface area contributed by atoms with E-state index in [0.717, 1.165) is 5.56 Å². The van der Waals surface area contributed by atoms with Gasteiger partial charge in [0.1, 0.15) is 5.75 Å². The van der Waals surface area contributed by atoms with Crippen LogP contribution in [0.3, 0.4) is 0 Å². The minimum atomic E-state index is -0.749. The van der Waals surface area contributed by atoms with Gasteiger partial charge in [0.05, 0.1) is 10.9 Å². The second-order valence-electron chi connectivity index (χ2n) is 6.09. The highest BCUT2D eigenvalue weighted by atomic mass is 35.5. The SMILES string of the molecule is Cc1ccc(Cl)c(OC(C)C(=O)NC2CCC(C(=O)O)CC2)c1. The van der Waals surface area contributed by atoms with Gasteiger partial charge in [-0.25, -0.2) is 0 Å². The maximum Gasteiger partial charge on any atom is 0.306 e. The third kappa shape index (κ3) is 4.86.